The van der Waals surface area contributed by atoms with Crippen molar-refractivity contribution in [1.29, 1.82) is 0 Å². The number of rotatable bonds is 62. The average molecular weight is 1180 g/mol. The molecule has 0 saturated carbocycles. The van der Waals surface area contributed by atoms with Crippen molar-refractivity contribution >= 4 is 33.6 Å². The van der Waals surface area contributed by atoms with Crippen LogP contribution < -0.4 is 22.1 Å². The van der Waals surface area contributed by atoms with Crippen LogP contribution in [-0.4, -0.2) is 95.0 Å². The van der Waals surface area contributed by atoms with Crippen LogP contribution in [0.4, 0.5) is 4.79 Å². The quantitative estimate of drug-likeness (QED) is 0.0192. The summed E-state index contributed by atoms with van der Waals surface area (Å²) < 4.78 is 72.4. The van der Waals surface area contributed by atoms with Crippen molar-refractivity contribution < 1.29 is 60.1 Å². The molecule has 0 heterocycles. The highest BCUT2D eigenvalue weighted by Crippen LogP contribution is 2.50. The van der Waals surface area contributed by atoms with Crippen molar-refractivity contribution in [3.05, 3.63) is 25.3 Å². The van der Waals surface area contributed by atoms with Crippen molar-refractivity contribution in [3.63, 3.8) is 0 Å². The van der Waals surface area contributed by atoms with Crippen LogP contribution in [0.5, 0.6) is 0 Å². The topological polar surface area (TPSA) is 235 Å². The number of nitrogens with one attached hydrogen (secondary N) is 2. The Kier molecular flexibility index (Phi) is 54.5. The van der Waals surface area contributed by atoms with Crippen LogP contribution in [0.25, 0.3) is 0 Å². The van der Waals surface area contributed by atoms with E-state index in [0.717, 1.165) is 77.0 Å². The van der Waals surface area contributed by atoms with Crippen molar-refractivity contribution in [2.24, 2.45) is 11.5 Å². The highest BCUT2D eigenvalue weighted by Gasteiger charge is 2.30. The molecular formula is C61H120N4O13P2. The first-order chi connectivity index (χ1) is 38.8. The lowest BCUT2D eigenvalue weighted by molar-refractivity contribution is -0.151. The number of urea groups is 1. The molecule has 2 amide bonds. The van der Waals surface area contributed by atoms with E-state index in [1.807, 2.05) is 0 Å². The second-order valence-corrected chi connectivity index (χ2v) is 24.9. The smallest absolute Gasteiger partial charge is 0.461 e. The normalized spacial score (nSPS) is 14.6. The minimum atomic E-state index is -4.11. The Hall–Kier alpha value is -2.17. The summed E-state index contributed by atoms with van der Waals surface area (Å²) in [5.41, 5.74) is 13.3. The summed E-state index contributed by atoms with van der Waals surface area (Å²) >= 11 is 0. The minimum absolute atomic E-state index is 0.0641. The van der Waals surface area contributed by atoms with Crippen LogP contribution in [0.2, 0.25) is 0 Å². The molecule has 0 rings (SSSR count). The average Bonchev–Trinajstić information content (AvgIpc) is 3.44. The van der Waals surface area contributed by atoms with Crippen molar-refractivity contribution in [2.45, 2.75) is 296 Å². The van der Waals surface area contributed by atoms with E-state index >= 15 is 0 Å². The van der Waals surface area contributed by atoms with E-state index in [1.54, 1.807) is 0 Å². The van der Waals surface area contributed by atoms with Crippen LogP contribution in [0.3, 0.4) is 0 Å². The number of hydrogen-bond donors (Lipinski definition) is 4. The van der Waals surface area contributed by atoms with Crippen molar-refractivity contribution in [1.82, 2.24) is 10.6 Å². The van der Waals surface area contributed by atoms with E-state index in [4.69, 9.17) is 48.1 Å². The molecule has 0 aliphatic carbocycles. The predicted molar refractivity (Wildman–Crippen MR) is 327 cm³/mol. The number of nitrogens with two attached hydrogens (primary N) is 2. The summed E-state index contributed by atoms with van der Waals surface area (Å²) in [6.07, 6.45) is 40.7. The molecule has 0 saturated heterocycles. The Balaban J connectivity index is 5.16. The molecule has 0 bridgehead atoms. The summed E-state index contributed by atoms with van der Waals surface area (Å²) in [5, 5.41) is 5.21. The van der Waals surface area contributed by atoms with Gasteiger partial charge in [0.05, 0.1) is 39.6 Å². The molecule has 0 aliphatic heterocycles. The number of hydrogen-bond acceptors (Lipinski definition) is 15. The van der Waals surface area contributed by atoms with Gasteiger partial charge < -0.3 is 31.6 Å². The number of unbranched alkanes of at least 4 members (excludes halogenated alkanes) is 28. The summed E-state index contributed by atoms with van der Waals surface area (Å²) in [5.74, 6) is -0.497. The number of phosphoric acid groups is 2. The third kappa shape index (κ3) is 48.2. The number of phosphoric ester groups is 2. The lowest BCUT2D eigenvalue weighted by Crippen LogP contribution is -2.39. The Morgan fingerprint density at radius 3 is 0.975 bits per heavy atom. The first-order valence-corrected chi connectivity index (χ1v) is 34.9. The zero-order chi connectivity index (χ0) is 59.1. The summed E-state index contributed by atoms with van der Waals surface area (Å²) in [7, 11) is -8.22. The molecule has 0 spiro atoms. The standard InChI is InChI=1S/C61H120N4O13P2/c1-7-13-17-21-25-29-33-37-41-57(77-59(66)43-39-35-31-27-23-19-15-9-3)55(62)45-51-73-79(69,71-49-11-5)75-53-47-64-61(68)65-48-54-76-80(70,72-50-12-6)74-52-46-56(63)58(42-38-34-30-26-22-18-14-8-2)78-60(67)44-40-36-32-28-24-20-16-10-4/h11-12,55-58H,5-10,13-54,62-63H2,1-4H3,(H2,64,65,68)/t55-,56-,57?,58?,79?,80?/m0/s1. The number of carbonyl (C=O) groups excluding carboxylic acids is 3. The number of carbonyl (C=O) groups is 3. The minimum Gasteiger partial charge on any atom is -0.461 e. The third-order valence-corrected chi connectivity index (χ3v) is 17.0. The first kappa shape index (κ1) is 77.8. The fraction of sp³-hybridized carbons (Fsp3) is 0.885. The van der Waals surface area contributed by atoms with Crippen LogP contribution in [0.15, 0.2) is 25.3 Å². The number of ether oxygens (including phenoxy) is 2. The fourth-order valence-corrected chi connectivity index (χ4v) is 11.4. The summed E-state index contributed by atoms with van der Waals surface area (Å²) in [4.78, 5) is 38.6. The van der Waals surface area contributed by atoms with Gasteiger partial charge in [0, 0.05) is 38.0 Å². The monoisotopic (exact) mass is 1180 g/mol. The molecule has 17 nitrogen and oxygen atoms in total. The van der Waals surface area contributed by atoms with Gasteiger partial charge in [-0.1, -0.05) is 220 Å². The Bertz CT molecular complexity index is 1470. The maximum atomic E-state index is 13.6. The lowest BCUT2D eigenvalue weighted by atomic mass is 10.0. The van der Waals surface area contributed by atoms with Crippen molar-refractivity contribution in [2.75, 3.05) is 52.7 Å². The number of esters is 2. The van der Waals surface area contributed by atoms with E-state index in [0.29, 0.717) is 25.7 Å². The highest BCUT2D eigenvalue weighted by atomic mass is 31.2. The van der Waals surface area contributed by atoms with Crippen LogP contribution in [0.1, 0.15) is 272 Å². The van der Waals surface area contributed by atoms with Crippen LogP contribution in [0, 0.1) is 0 Å². The van der Waals surface area contributed by atoms with Gasteiger partial charge in [0.25, 0.3) is 0 Å². The first-order valence-electron chi connectivity index (χ1n) is 32.0. The SMILES string of the molecule is C=CCOP(=O)(OCCNC(=O)NCCOP(=O)(OCC=C)OCC[C@H](N)C(CCCCCCCCCC)OC(=O)CCCCCCCCCC)OCC[C@H](N)C(CCCCCCCCCC)OC(=O)CCCCCCCCCC. The molecule has 0 fully saturated rings. The molecule has 6 atom stereocenters. The van der Waals surface area contributed by atoms with Gasteiger partial charge >= 0.3 is 33.6 Å². The van der Waals surface area contributed by atoms with Gasteiger partial charge in [-0.05, 0) is 51.4 Å². The Morgan fingerprint density at radius 2 is 0.675 bits per heavy atom. The van der Waals surface area contributed by atoms with Gasteiger partial charge in [-0.3, -0.25) is 36.7 Å². The fourth-order valence-electron chi connectivity index (χ4n) is 9.13. The molecule has 80 heavy (non-hydrogen) atoms. The maximum Gasteiger partial charge on any atom is 0.475 e. The van der Waals surface area contributed by atoms with Gasteiger partial charge in [0.1, 0.15) is 12.2 Å². The third-order valence-electron chi connectivity index (χ3n) is 14.1. The van der Waals surface area contributed by atoms with E-state index in [1.165, 1.54) is 141 Å². The summed E-state index contributed by atoms with van der Waals surface area (Å²) in [6.45, 7) is 15.1. The van der Waals surface area contributed by atoms with E-state index < -0.39 is 46.0 Å². The van der Waals surface area contributed by atoms with Gasteiger partial charge in [-0.2, -0.15) is 0 Å². The largest absolute Gasteiger partial charge is 0.475 e. The molecule has 19 heteroatoms. The van der Waals surface area contributed by atoms with Crippen LogP contribution in [-0.2, 0) is 55.3 Å². The van der Waals surface area contributed by atoms with Gasteiger partial charge in [-0.15, -0.1) is 13.2 Å². The molecular weight excluding hydrogens is 1060 g/mol. The molecule has 0 aliphatic rings. The molecule has 0 aromatic heterocycles. The predicted octanol–water partition coefficient (Wildman–Crippen LogP) is 16.4. The molecule has 6 N–H and O–H groups in total. The number of amides is 2. The van der Waals surface area contributed by atoms with Crippen molar-refractivity contribution in [3.8, 4) is 0 Å². The van der Waals surface area contributed by atoms with Gasteiger partial charge in [0.15, 0.2) is 0 Å². The summed E-state index contributed by atoms with van der Waals surface area (Å²) in [6, 6.07) is -1.72. The Labute approximate surface area is 488 Å². The van der Waals surface area contributed by atoms with E-state index in [2.05, 4.69) is 51.5 Å². The second-order valence-electron chi connectivity index (χ2n) is 21.5. The lowest BCUT2D eigenvalue weighted by Gasteiger charge is -2.25. The molecule has 0 aromatic rings. The molecule has 0 radical (unpaired) electrons. The zero-order valence-corrected chi connectivity index (χ0v) is 53.1. The molecule has 4 unspecified atom stereocenters. The maximum absolute atomic E-state index is 13.6. The highest BCUT2D eigenvalue weighted by molar-refractivity contribution is 7.48. The zero-order valence-electron chi connectivity index (χ0n) is 51.3. The molecule has 472 valence electrons. The van der Waals surface area contributed by atoms with E-state index in [9.17, 15) is 23.5 Å². The van der Waals surface area contributed by atoms with E-state index in [-0.39, 0.29) is 77.5 Å². The van der Waals surface area contributed by atoms with Gasteiger partial charge in [-0.25, -0.2) is 13.9 Å². The Morgan fingerprint density at radius 1 is 0.400 bits per heavy atom. The van der Waals surface area contributed by atoms with Crippen LogP contribution >= 0.6 is 15.6 Å². The second kappa shape index (κ2) is 56.0. The molecule has 0 aromatic carbocycles. The van der Waals surface area contributed by atoms with Gasteiger partial charge in [0.2, 0.25) is 0 Å².